The lowest BCUT2D eigenvalue weighted by atomic mass is 10.2. The van der Waals surface area contributed by atoms with E-state index in [4.69, 9.17) is 4.42 Å². The Kier molecular flexibility index (Phi) is 3.71. The number of benzene rings is 1. The molecule has 0 amide bonds. The van der Waals surface area contributed by atoms with E-state index in [0.717, 1.165) is 28.9 Å². The third kappa shape index (κ3) is 3.45. The van der Waals surface area contributed by atoms with Gasteiger partial charge in [0, 0.05) is 17.1 Å². The summed E-state index contributed by atoms with van der Waals surface area (Å²) in [4.78, 5) is 2.35. The molecule has 1 aromatic heterocycles. The Balaban J connectivity index is 1.74. The van der Waals surface area contributed by atoms with Gasteiger partial charge < -0.3 is 4.42 Å². The highest BCUT2D eigenvalue weighted by atomic mass is 79.9. The minimum atomic E-state index is -0.196. The van der Waals surface area contributed by atoms with E-state index in [1.165, 1.54) is 18.9 Å². The lowest BCUT2D eigenvalue weighted by molar-refractivity contribution is 0.225. The molecule has 1 aromatic carbocycles. The number of hydrogen-bond acceptors (Lipinski definition) is 2. The molecule has 1 aliphatic rings. The second-order valence-electron chi connectivity index (χ2n) is 4.99. The fourth-order valence-electron chi connectivity index (χ4n) is 2.29. The van der Waals surface area contributed by atoms with Crippen molar-refractivity contribution in [2.24, 2.45) is 0 Å². The molecule has 1 fully saturated rings. The van der Waals surface area contributed by atoms with Gasteiger partial charge in [-0.15, -0.1) is 0 Å². The molecule has 2 aromatic rings. The fraction of sp³-hybridized carbons (Fsp3) is 0.333. The quantitative estimate of drug-likeness (QED) is 0.813. The van der Waals surface area contributed by atoms with Crippen LogP contribution in [0.3, 0.4) is 0 Å². The first-order chi connectivity index (χ1) is 9.20. The van der Waals surface area contributed by atoms with Crippen LogP contribution in [0.25, 0.3) is 0 Å². The van der Waals surface area contributed by atoms with Crippen LogP contribution in [0.15, 0.2) is 45.5 Å². The molecule has 0 N–H and O–H groups in total. The van der Waals surface area contributed by atoms with Gasteiger partial charge in [0.05, 0.1) is 12.8 Å². The largest absolute Gasteiger partial charge is 0.468 e. The van der Waals surface area contributed by atoms with Crippen molar-refractivity contribution in [3.63, 3.8) is 0 Å². The van der Waals surface area contributed by atoms with Gasteiger partial charge in [0.1, 0.15) is 11.6 Å². The van der Waals surface area contributed by atoms with Gasteiger partial charge >= 0.3 is 0 Å². The van der Waals surface area contributed by atoms with Crippen molar-refractivity contribution in [2.45, 2.75) is 32.0 Å². The monoisotopic (exact) mass is 323 g/mol. The SMILES string of the molecule is Fc1cc(Br)cc(CN(Cc2ccco2)C2CC2)c1. The molecule has 3 rings (SSSR count). The highest BCUT2D eigenvalue weighted by molar-refractivity contribution is 9.10. The lowest BCUT2D eigenvalue weighted by Crippen LogP contribution is -2.24. The summed E-state index contributed by atoms with van der Waals surface area (Å²) in [6, 6.07) is 9.54. The van der Waals surface area contributed by atoms with Crippen molar-refractivity contribution in [3.8, 4) is 0 Å². The predicted molar refractivity (Wildman–Crippen MR) is 75.1 cm³/mol. The topological polar surface area (TPSA) is 16.4 Å². The van der Waals surface area contributed by atoms with E-state index in [-0.39, 0.29) is 5.82 Å². The normalized spacial score (nSPS) is 15.1. The summed E-state index contributed by atoms with van der Waals surface area (Å²) >= 11 is 3.34. The van der Waals surface area contributed by atoms with Crippen LogP contribution >= 0.6 is 15.9 Å². The summed E-state index contributed by atoms with van der Waals surface area (Å²) in [6.45, 7) is 1.54. The molecule has 0 atom stereocenters. The summed E-state index contributed by atoms with van der Waals surface area (Å²) in [5.41, 5.74) is 0.991. The number of furan rings is 1. The standard InChI is InChI=1S/C15H15BrFNO/c16-12-6-11(7-13(17)8-12)9-18(14-3-4-14)10-15-2-1-5-19-15/h1-2,5-8,14H,3-4,9-10H2. The third-order valence-electron chi connectivity index (χ3n) is 3.31. The molecular formula is C15H15BrFNO. The van der Waals surface area contributed by atoms with Crippen molar-refractivity contribution in [3.05, 3.63) is 58.2 Å². The molecule has 19 heavy (non-hydrogen) atoms. The second-order valence-corrected chi connectivity index (χ2v) is 5.91. The molecule has 1 saturated carbocycles. The van der Waals surface area contributed by atoms with Crippen molar-refractivity contribution >= 4 is 15.9 Å². The van der Waals surface area contributed by atoms with Gasteiger partial charge in [-0.05, 0) is 48.7 Å². The first-order valence-corrected chi connectivity index (χ1v) is 7.21. The summed E-state index contributed by atoms with van der Waals surface area (Å²) < 4.78 is 19.6. The van der Waals surface area contributed by atoms with Crippen LogP contribution < -0.4 is 0 Å². The first-order valence-electron chi connectivity index (χ1n) is 6.42. The van der Waals surface area contributed by atoms with Crippen LogP contribution in [0.5, 0.6) is 0 Å². The zero-order chi connectivity index (χ0) is 13.2. The van der Waals surface area contributed by atoms with E-state index in [1.807, 2.05) is 18.2 Å². The van der Waals surface area contributed by atoms with Crippen LogP contribution in [-0.4, -0.2) is 10.9 Å². The molecule has 100 valence electrons. The van der Waals surface area contributed by atoms with Crippen molar-refractivity contribution in [1.82, 2.24) is 4.90 Å². The first kappa shape index (κ1) is 12.9. The highest BCUT2D eigenvalue weighted by Gasteiger charge is 2.29. The van der Waals surface area contributed by atoms with Crippen molar-refractivity contribution in [2.75, 3.05) is 0 Å². The minimum absolute atomic E-state index is 0.196. The molecule has 0 radical (unpaired) electrons. The molecule has 0 saturated heterocycles. The Labute approximate surface area is 120 Å². The average molecular weight is 324 g/mol. The van der Waals surface area contributed by atoms with Crippen molar-refractivity contribution < 1.29 is 8.81 Å². The molecule has 0 aliphatic heterocycles. The second kappa shape index (κ2) is 5.47. The maximum absolute atomic E-state index is 13.4. The summed E-state index contributed by atoms with van der Waals surface area (Å²) in [5, 5.41) is 0. The Morgan fingerprint density at radius 3 is 2.74 bits per heavy atom. The fourth-order valence-corrected chi connectivity index (χ4v) is 2.81. The zero-order valence-corrected chi connectivity index (χ0v) is 12.1. The van der Waals surface area contributed by atoms with E-state index in [2.05, 4.69) is 20.8 Å². The van der Waals surface area contributed by atoms with E-state index < -0.39 is 0 Å². The number of hydrogen-bond donors (Lipinski definition) is 0. The van der Waals surface area contributed by atoms with E-state index in [1.54, 1.807) is 12.3 Å². The summed E-state index contributed by atoms with van der Waals surface area (Å²) in [6.07, 6.45) is 4.13. The molecule has 0 spiro atoms. The van der Waals surface area contributed by atoms with Gasteiger partial charge in [0.15, 0.2) is 0 Å². The van der Waals surface area contributed by atoms with Gasteiger partial charge in [-0.2, -0.15) is 0 Å². The van der Waals surface area contributed by atoms with Crippen LogP contribution in [0.4, 0.5) is 4.39 Å². The smallest absolute Gasteiger partial charge is 0.124 e. The Hall–Kier alpha value is -1.13. The Bertz CT molecular complexity index is 531. The summed E-state index contributed by atoms with van der Waals surface area (Å²) in [5.74, 6) is 0.764. The Morgan fingerprint density at radius 1 is 1.26 bits per heavy atom. The van der Waals surface area contributed by atoms with Gasteiger partial charge in [-0.25, -0.2) is 4.39 Å². The number of rotatable bonds is 5. The van der Waals surface area contributed by atoms with E-state index >= 15 is 0 Å². The molecule has 1 heterocycles. The molecule has 0 bridgehead atoms. The number of halogens is 2. The predicted octanol–water partition coefficient (Wildman–Crippen LogP) is 4.35. The van der Waals surface area contributed by atoms with Gasteiger partial charge in [0.25, 0.3) is 0 Å². The van der Waals surface area contributed by atoms with Crippen LogP contribution in [-0.2, 0) is 13.1 Å². The molecular weight excluding hydrogens is 309 g/mol. The summed E-state index contributed by atoms with van der Waals surface area (Å²) in [7, 11) is 0. The number of nitrogens with zero attached hydrogens (tertiary/aromatic N) is 1. The van der Waals surface area contributed by atoms with Gasteiger partial charge in [-0.3, -0.25) is 4.90 Å². The average Bonchev–Trinajstić information content (AvgIpc) is 3.06. The van der Waals surface area contributed by atoms with E-state index in [0.29, 0.717) is 6.04 Å². The highest BCUT2D eigenvalue weighted by Crippen LogP contribution is 2.30. The van der Waals surface area contributed by atoms with Gasteiger partial charge in [0.2, 0.25) is 0 Å². The Morgan fingerprint density at radius 2 is 2.11 bits per heavy atom. The molecule has 4 heteroatoms. The van der Waals surface area contributed by atoms with Crippen LogP contribution in [0, 0.1) is 5.82 Å². The maximum atomic E-state index is 13.4. The van der Waals surface area contributed by atoms with Gasteiger partial charge in [-0.1, -0.05) is 15.9 Å². The third-order valence-corrected chi connectivity index (χ3v) is 3.77. The molecule has 1 aliphatic carbocycles. The maximum Gasteiger partial charge on any atom is 0.124 e. The van der Waals surface area contributed by atoms with Crippen LogP contribution in [0.2, 0.25) is 0 Å². The molecule has 0 unspecified atom stereocenters. The van der Waals surface area contributed by atoms with Crippen LogP contribution in [0.1, 0.15) is 24.2 Å². The lowest BCUT2D eigenvalue weighted by Gasteiger charge is -2.21. The minimum Gasteiger partial charge on any atom is -0.468 e. The molecule has 2 nitrogen and oxygen atoms in total. The van der Waals surface area contributed by atoms with Crippen molar-refractivity contribution in [1.29, 1.82) is 0 Å². The zero-order valence-electron chi connectivity index (χ0n) is 10.5. The van der Waals surface area contributed by atoms with E-state index in [9.17, 15) is 4.39 Å².